The van der Waals surface area contributed by atoms with Crippen LogP contribution in [-0.2, 0) is 14.3 Å². The van der Waals surface area contributed by atoms with Crippen molar-refractivity contribution in [3.8, 4) is 0 Å². The third-order valence-corrected chi connectivity index (χ3v) is 6.57. The number of carboxylic acids is 1. The molecule has 2 saturated heterocycles. The van der Waals surface area contributed by atoms with E-state index in [1.807, 2.05) is 0 Å². The summed E-state index contributed by atoms with van der Waals surface area (Å²) in [5.74, 6) is -0.636. The van der Waals surface area contributed by atoms with Gasteiger partial charge in [-0.2, -0.15) is 0 Å². The van der Waals surface area contributed by atoms with Gasteiger partial charge in [-0.15, -0.1) is 0 Å². The van der Waals surface area contributed by atoms with Crippen molar-refractivity contribution < 1.29 is 19.4 Å². The summed E-state index contributed by atoms with van der Waals surface area (Å²) in [7, 11) is 0. The summed E-state index contributed by atoms with van der Waals surface area (Å²) in [4.78, 5) is 12.3. The topological polar surface area (TPSA) is 62.4 Å². The van der Waals surface area contributed by atoms with Crippen molar-refractivity contribution in [3.63, 3.8) is 0 Å². The first-order valence-corrected chi connectivity index (χ1v) is 10.7. The molecule has 0 aromatic heterocycles. The Morgan fingerprint density at radius 3 is 2.40 bits per heavy atom. The number of aliphatic carboxylic acids is 1. The number of fused-ring (bicyclic) bond motifs is 1. The molecule has 0 spiro atoms. The average molecular weight is 353 g/mol. The number of epoxide rings is 2. The molecule has 0 bridgehead atoms. The highest BCUT2D eigenvalue weighted by molar-refractivity contribution is 5.76. The standard InChI is InChI=1S/C21H36O4/c1-2-3-11-16-17(24-16)13-15-21(20(22)23)14-10-8-6-4-5-7-9-12-18-19(21)25-18/h16-19H,2-15H2,1H3,(H,22,23). The van der Waals surface area contributed by atoms with E-state index in [1.54, 1.807) is 0 Å². The highest BCUT2D eigenvalue weighted by Gasteiger charge is 2.58. The average Bonchev–Trinajstić information content (AvgIpc) is 3.49. The molecule has 4 heteroatoms. The number of carbonyl (C=O) groups is 1. The number of carboxylic acid groups (broad SMARTS) is 1. The van der Waals surface area contributed by atoms with Crippen LogP contribution in [0, 0.1) is 5.41 Å². The van der Waals surface area contributed by atoms with Crippen molar-refractivity contribution in [2.24, 2.45) is 5.41 Å². The second kappa shape index (κ2) is 8.85. The lowest BCUT2D eigenvalue weighted by molar-refractivity contribution is -0.151. The molecule has 5 atom stereocenters. The van der Waals surface area contributed by atoms with E-state index in [1.165, 1.54) is 44.9 Å². The zero-order chi connectivity index (χ0) is 17.7. The van der Waals surface area contributed by atoms with Crippen LogP contribution in [0.15, 0.2) is 0 Å². The number of hydrogen-bond acceptors (Lipinski definition) is 3. The zero-order valence-corrected chi connectivity index (χ0v) is 15.9. The van der Waals surface area contributed by atoms with Crippen molar-refractivity contribution in [3.05, 3.63) is 0 Å². The zero-order valence-electron chi connectivity index (χ0n) is 15.9. The number of hydrogen-bond donors (Lipinski definition) is 1. The Morgan fingerprint density at radius 1 is 1.00 bits per heavy atom. The van der Waals surface area contributed by atoms with Crippen LogP contribution in [0.25, 0.3) is 0 Å². The van der Waals surface area contributed by atoms with Gasteiger partial charge < -0.3 is 14.6 Å². The van der Waals surface area contributed by atoms with Gasteiger partial charge in [-0.05, 0) is 32.1 Å². The van der Waals surface area contributed by atoms with E-state index in [0.717, 1.165) is 44.9 Å². The fraction of sp³-hybridized carbons (Fsp3) is 0.952. The molecule has 0 radical (unpaired) electrons. The number of unbranched alkanes of at least 4 members (excludes halogenated alkanes) is 1. The number of ether oxygens (including phenoxy) is 2. The van der Waals surface area contributed by atoms with Crippen LogP contribution in [0.2, 0.25) is 0 Å². The fourth-order valence-electron chi connectivity index (χ4n) is 4.76. The maximum Gasteiger partial charge on any atom is 0.312 e. The molecule has 0 amide bonds. The first kappa shape index (κ1) is 19.2. The summed E-state index contributed by atoms with van der Waals surface area (Å²) in [5.41, 5.74) is -0.675. The lowest BCUT2D eigenvalue weighted by Crippen LogP contribution is -2.38. The van der Waals surface area contributed by atoms with E-state index in [4.69, 9.17) is 9.47 Å². The quantitative estimate of drug-likeness (QED) is 0.648. The van der Waals surface area contributed by atoms with Gasteiger partial charge in [-0.25, -0.2) is 0 Å². The molecule has 3 fully saturated rings. The minimum Gasteiger partial charge on any atom is -0.481 e. The van der Waals surface area contributed by atoms with Crippen molar-refractivity contribution in [2.45, 2.75) is 121 Å². The van der Waals surface area contributed by atoms with Crippen molar-refractivity contribution in [2.75, 3.05) is 0 Å². The molecule has 3 rings (SSSR count). The summed E-state index contributed by atoms with van der Waals surface area (Å²) in [5, 5.41) is 10.1. The lowest BCUT2D eigenvalue weighted by atomic mass is 9.73. The van der Waals surface area contributed by atoms with Crippen LogP contribution in [0.4, 0.5) is 0 Å². The molecule has 0 aromatic carbocycles. The first-order chi connectivity index (χ1) is 12.2. The highest BCUT2D eigenvalue weighted by atomic mass is 16.6. The molecule has 2 heterocycles. The lowest BCUT2D eigenvalue weighted by Gasteiger charge is -2.28. The molecule has 3 aliphatic rings. The SMILES string of the molecule is CCCCC1OC1CCC1(C(=O)O)CCCCCCCCCC2OC21. The Bertz CT molecular complexity index is 438. The second-order valence-corrected chi connectivity index (χ2v) is 8.46. The maximum absolute atomic E-state index is 12.3. The van der Waals surface area contributed by atoms with Gasteiger partial charge in [0.25, 0.3) is 0 Å². The Balaban J connectivity index is 1.58. The van der Waals surface area contributed by atoms with Crippen LogP contribution in [0.1, 0.15) is 96.8 Å². The number of rotatable bonds is 7. The third-order valence-electron chi connectivity index (χ3n) is 6.57. The first-order valence-electron chi connectivity index (χ1n) is 10.7. The van der Waals surface area contributed by atoms with Gasteiger partial charge in [-0.1, -0.05) is 64.7 Å². The molecular weight excluding hydrogens is 316 g/mol. The van der Waals surface area contributed by atoms with E-state index < -0.39 is 11.4 Å². The summed E-state index contributed by atoms with van der Waals surface area (Å²) in [6, 6.07) is 0. The molecule has 1 N–H and O–H groups in total. The van der Waals surface area contributed by atoms with Gasteiger partial charge in [0.05, 0.1) is 23.7 Å². The molecule has 0 aromatic rings. The Labute approximate surface area is 152 Å². The van der Waals surface area contributed by atoms with Crippen LogP contribution in [0.5, 0.6) is 0 Å². The molecule has 25 heavy (non-hydrogen) atoms. The van der Waals surface area contributed by atoms with Crippen molar-refractivity contribution in [1.82, 2.24) is 0 Å². The van der Waals surface area contributed by atoms with Crippen LogP contribution in [0.3, 0.4) is 0 Å². The summed E-state index contributed by atoms with van der Waals surface area (Å²) >= 11 is 0. The van der Waals surface area contributed by atoms with E-state index in [9.17, 15) is 9.90 Å². The van der Waals surface area contributed by atoms with Crippen LogP contribution in [-0.4, -0.2) is 35.5 Å². The molecule has 1 aliphatic carbocycles. The third kappa shape index (κ3) is 4.97. The predicted molar refractivity (Wildman–Crippen MR) is 97.7 cm³/mol. The Morgan fingerprint density at radius 2 is 1.68 bits per heavy atom. The Kier molecular flexibility index (Phi) is 6.79. The van der Waals surface area contributed by atoms with Gasteiger partial charge in [0.2, 0.25) is 0 Å². The summed E-state index contributed by atoms with van der Waals surface area (Å²) < 4.78 is 11.7. The minimum absolute atomic E-state index is 0.0581. The molecular formula is C21H36O4. The summed E-state index contributed by atoms with van der Waals surface area (Å²) in [6.45, 7) is 2.20. The van der Waals surface area contributed by atoms with Crippen LogP contribution < -0.4 is 0 Å². The normalized spacial score (nSPS) is 38.9. The van der Waals surface area contributed by atoms with Gasteiger partial charge in [0.1, 0.15) is 6.10 Å². The van der Waals surface area contributed by atoms with Crippen molar-refractivity contribution in [1.29, 1.82) is 0 Å². The molecule has 144 valence electrons. The van der Waals surface area contributed by atoms with Gasteiger partial charge >= 0.3 is 5.97 Å². The molecule has 5 unspecified atom stereocenters. The van der Waals surface area contributed by atoms with E-state index in [2.05, 4.69) is 6.92 Å². The molecule has 4 nitrogen and oxygen atoms in total. The van der Waals surface area contributed by atoms with E-state index in [-0.39, 0.29) is 12.2 Å². The maximum atomic E-state index is 12.3. The van der Waals surface area contributed by atoms with Crippen LogP contribution >= 0.6 is 0 Å². The second-order valence-electron chi connectivity index (χ2n) is 8.46. The smallest absolute Gasteiger partial charge is 0.312 e. The highest BCUT2D eigenvalue weighted by Crippen LogP contribution is 2.49. The minimum atomic E-state index is -0.675. The van der Waals surface area contributed by atoms with E-state index in [0.29, 0.717) is 12.2 Å². The molecule has 1 saturated carbocycles. The van der Waals surface area contributed by atoms with E-state index >= 15 is 0 Å². The fourth-order valence-corrected chi connectivity index (χ4v) is 4.76. The largest absolute Gasteiger partial charge is 0.481 e. The Hall–Kier alpha value is -0.610. The predicted octanol–water partition coefficient (Wildman–Crippen LogP) is 5.09. The van der Waals surface area contributed by atoms with Crippen molar-refractivity contribution >= 4 is 5.97 Å². The molecule has 2 aliphatic heterocycles. The summed E-state index contributed by atoms with van der Waals surface area (Å²) in [6.07, 6.45) is 16.2. The monoisotopic (exact) mass is 352 g/mol. The van der Waals surface area contributed by atoms with Gasteiger partial charge in [0, 0.05) is 0 Å². The van der Waals surface area contributed by atoms with Gasteiger partial charge in [0.15, 0.2) is 0 Å². The van der Waals surface area contributed by atoms with Gasteiger partial charge in [-0.3, -0.25) is 4.79 Å².